The summed E-state index contributed by atoms with van der Waals surface area (Å²) in [6, 6.07) is 7.33. The van der Waals surface area contributed by atoms with Crippen LogP contribution in [0.25, 0.3) is 11.1 Å². The van der Waals surface area contributed by atoms with Crippen LogP contribution >= 0.6 is 23.2 Å². The van der Waals surface area contributed by atoms with Gasteiger partial charge in [0.15, 0.2) is 5.58 Å². The van der Waals surface area contributed by atoms with Crippen LogP contribution in [0.2, 0.25) is 10.0 Å². The van der Waals surface area contributed by atoms with Gasteiger partial charge in [-0.1, -0.05) is 23.2 Å². The number of benzene rings is 2. The van der Waals surface area contributed by atoms with E-state index in [0.29, 0.717) is 16.1 Å². The highest BCUT2D eigenvalue weighted by atomic mass is 35.5. The number of hydrogen-bond acceptors (Lipinski definition) is 4. The summed E-state index contributed by atoms with van der Waals surface area (Å²) in [7, 11) is -2.37. The van der Waals surface area contributed by atoms with E-state index in [2.05, 4.69) is 4.72 Å². The molecule has 0 aliphatic carbocycles. The number of nitrogens with one attached hydrogen (secondary N) is 1. The van der Waals surface area contributed by atoms with Crippen molar-refractivity contribution < 1.29 is 12.8 Å². The number of rotatable bonds is 3. The van der Waals surface area contributed by atoms with Gasteiger partial charge >= 0.3 is 5.76 Å². The van der Waals surface area contributed by atoms with Crippen molar-refractivity contribution in [3.05, 3.63) is 56.5 Å². The highest BCUT2D eigenvalue weighted by Gasteiger charge is 2.21. The summed E-state index contributed by atoms with van der Waals surface area (Å²) in [4.78, 5) is 11.6. The van der Waals surface area contributed by atoms with Crippen molar-refractivity contribution in [2.45, 2.75) is 11.8 Å². The lowest BCUT2D eigenvalue weighted by molar-refractivity contribution is 0.527. The fourth-order valence-corrected chi connectivity index (χ4v) is 4.15. The van der Waals surface area contributed by atoms with Crippen LogP contribution in [-0.2, 0) is 17.1 Å². The second-order valence-corrected chi connectivity index (χ2v) is 7.74. The number of fused-ring (bicyclic) bond motifs is 1. The maximum absolute atomic E-state index is 12.7. The first-order chi connectivity index (χ1) is 11.2. The van der Waals surface area contributed by atoms with Crippen LogP contribution in [0, 0.1) is 6.92 Å². The Balaban J connectivity index is 2.11. The summed E-state index contributed by atoms with van der Waals surface area (Å²) in [5.41, 5.74) is 1.38. The van der Waals surface area contributed by atoms with Gasteiger partial charge in [-0.15, -0.1) is 0 Å². The minimum Gasteiger partial charge on any atom is -0.408 e. The zero-order chi connectivity index (χ0) is 17.6. The molecule has 0 atom stereocenters. The van der Waals surface area contributed by atoms with Gasteiger partial charge in [0.05, 0.1) is 21.1 Å². The number of aryl methyl sites for hydroxylation is 2. The molecule has 1 aromatic heterocycles. The lowest BCUT2D eigenvalue weighted by atomic mass is 10.2. The van der Waals surface area contributed by atoms with Crippen LogP contribution in [0.3, 0.4) is 0 Å². The Morgan fingerprint density at radius 2 is 1.88 bits per heavy atom. The van der Waals surface area contributed by atoms with Crippen LogP contribution < -0.4 is 10.5 Å². The first-order valence-electron chi connectivity index (χ1n) is 6.77. The van der Waals surface area contributed by atoms with E-state index in [1.54, 1.807) is 20.0 Å². The topological polar surface area (TPSA) is 81.3 Å². The van der Waals surface area contributed by atoms with Gasteiger partial charge < -0.3 is 4.42 Å². The first kappa shape index (κ1) is 16.9. The van der Waals surface area contributed by atoms with Crippen molar-refractivity contribution >= 4 is 50.0 Å². The lowest BCUT2D eigenvalue weighted by Crippen LogP contribution is -2.14. The van der Waals surface area contributed by atoms with Gasteiger partial charge in [-0.25, -0.2) is 13.2 Å². The number of aromatic nitrogens is 1. The van der Waals surface area contributed by atoms with Crippen molar-refractivity contribution in [2.75, 3.05) is 4.72 Å². The normalized spacial score (nSPS) is 11.8. The number of nitrogens with zero attached hydrogens (tertiary/aromatic N) is 1. The molecule has 0 unspecified atom stereocenters. The number of hydrogen-bond donors (Lipinski definition) is 1. The van der Waals surface area contributed by atoms with Crippen molar-refractivity contribution in [1.29, 1.82) is 0 Å². The Kier molecular flexibility index (Phi) is 4.11. The maximum Gasteiger partial charge on any atom is 0.419 e. The average molecular weight is 387 g/mol. The third kappa shape index (κ3) is 2.90. The van der Waals surface area contributed by atoms with Gasteiger partial charge in [0, 0.05) is 18.1 Å². The number of oxazole rings is 1. The zero-order valence-electron chi connectivity index (χ0n) is 12.6. The predicted molar refractivity (Wildman–Crippen MR) is 93.5 cm³/mol. The van der Waals surface area contributed by atoms with Crippen molar-refractivity contribution in [1.82, 2.24) is 4.57 Å². The van der Waals surface area contributed by atoms with Gasteiger partial charge in [-0.2, -0.15) is 0 Å². The molecule has 24 heavy (non-hydrogen) atoms. The molecule has 3 rings (SSSR count). The van der Waals surface area contributed by atoms with Gasteiger partial charge in [-0.05, 0) is 36.8 Å². The summed E-state index contributed by atoms with van der Waals surface area (Å²) in [6.45, 7) is 1.63. The first-order valence-corrected chi connectivity index (χ1v) is 9.01. The molecular formula is C15H12Cl2N2O4S. The monoisotopic (exact) mass is 386 g/mol. The highest BCUT2D eigenvalue weighted by Crippen LogP contribution is 2.29. The van der Waals surface area contributed by atoms with E-state index in [0.717, 1.165) is 0 Å². The Morgan fingerprint density at radius 1 is 1.17 bits per heavy atom. The van der Waals surface area contributed by atoms with Gasteiger partial charge in [0.2, 0.25) is 0 Å². The Morgan fingerprint density at radius 3 is 2.54 bits per heavy atom. The maximum atomic E-state index is 12.7. The van der Waals surface area contributed by atoms with E-state index in [-0.39, 0.29) is 21.2 Å². The van der Waals surface area contributed by atoms with E-state index in [4.69, 9.17) is 27.6 Å². The van der Waals surface area contributed by atoms with Gasteiger partial charge in [0.25, 0.3) is 10.0 Å². The highest BCUT2D eigenvalue weighted by molar-refractivity contribution is 7.92. The number of halogens is 2. The molecule has 0 saturated heterocycles. The van der Waals surface area contributed by atoms with Crippen LogP contribution in [0.5, 0.6) is 0 Å². The molecule has 1 heterocycles. The number of sulfonamides is 1. The molecule has 3 aromatic rings. The van der Waals surface area contributed by atoms with Crippen LogP contribution in [0.15, 0.2) is 44.4 Å². The van der Waals surface area contributed by atoms with Crippen molar-refractivity contribution in [2.24, 2.45) is 7.05 Å². The molecule has 6 nitrogen and oxygen atoms in total. The average Bonchev–Trinajstić information content (AvgIpc) is 2.76. The molecule has 126 valence electrons. The molecule has 0 fully saturated rings. The van der Waals surface area contributed by atoms with E-state index in [1.807, 2.05) is 0 Å². The molecule has 0 aliphatic rings. The Labute approximate surface area is 147 Å². The minimum atomic E-state index is -3.92. The van der Waals surface area contributed by atoms with E-state index in [9.17, 15) is 13.2 Å². The van der Waals surface area contributed by atoms with E-state index in [1.165, 1.54) is 28.8 Å². The number of anilines is 1. The second-order valence-electron chi connectivity index (χ2n) is 5.24. The zero-order valence-corrected chi connectivity index (χ0v) is 15.0. The van der Waals surface area contributed by atoms with Crippen LogP contribution in [-0.4, -0.2) is 13.0 Å². The minimum absolute atomic E-state index is 0.00429. The molecule has 0 amide bonds. The third-order valence-electron chi connectivity index (χ3n) is 3.55. The summed E-state index contributed by atoms with van der Waals surface area (Å²) >= 11 is 11.8. The van der Waals surface area contributed by atoms with Crippen molar-refractivity contribution in [3.63, 3.8) is 0 Å². The molecule has 0 saturated carbocycles. The summed E-state index contributed by atoms with van der Waals surface area (Å²) in [5, 5.41) is 0.572. The van der Waals surface area contributed by atoms with Crippen LogP contribution in [0.1, 0.15) is 5.56 Å². The molecule has 1 N–H and O–H groups in total. The second kappa shape index (κ2) is 5.84. The lowest BCUT2D eigenvalue weighted by Gasteiger charge is -2.12. The molecule has 9 heteroatoms. The summed E-state index contributed by atoms with van der Waals surface area (Å²) < 4.78 is 34.1. The van der Waals surface area contributed by atoms with E-state index >= 15 is 0 Å². The predicted octanol–water partition coefficient (Wildman–Crippen LogP) is 3.55. The fourth-order valence-electron chi connectivity index (χ4n) is 2.32. The molecule has 0 bridgehead atoms. The van der Waals surface area contributed by atoms with Crippen LogP contribution in [0.4, 0.5) is 5.69 Å². The smallest absolute Gasteiger partial charge is 0.408 e. The Bertz CT molecular complexity index is 1120. The van der Waals surface area contributed by atoms with Gasteiger partial charge in [0.1, 0.15) is 0 Å². The largest absolute Gasteiger partial charge is 0.419 e. The Hall–Kier alpha value is -1.96. The molecule has 0 spiro atoms. The quantitative estimate of drug-likeness (QED) is 0.745. The SMILES string of the molecule is Cc1cc2c(cc1S(=O)(=O)Nc1ccc(Cl)cc1Cl)oc(=O)n2C. The molecular weight excluding hydrogens is 375 g/mol. The van der Waals surface area contributed by atoms with E-state index < -0.39 is 15.8 Å². The fraction of sp³-hybridized carbons (Fsp3) is 0.133. The summed E-state index contributed by atoms with van der Waals surface area (Å²) in [5.74, 6) is -0.562. The summed E-state index contributed by atoms with van der Waals surface area (Å²) in [6.07, 6.45) is 0. The molecule has 2 aromatic carbocycles. The third-order valence-corrected chi connectivity index (χ3v) is 5.61. The molecule has 0 aliphatic heterocycles. The van der Waals surface area contributed by atoms with Crippen molar-refractivity contribution in [3.8, 4) is 0 Å². The van der Waals surface area contributed by atoms with Gasteiger partial charge in [-0.3, -0.25) is 9.29 Å². The molecule has 0 radical (unpaired) electrons. The standard InChI is InChI=1S/C15H12Cl2N2O4S/c1-8-5-12-13(23-15(20)19(12)2)7-14(8)24(21,22)18-11-4-3-9(16)6-10(11)17/h3-7,18H,1-2H3.